The van der Waals surface area contributed by atoms with Crippen LogP contribution in [0.25, 0.3) is 0 Å². The van der Waals surface area contributed by atoms with Crippen LogP contribution in [0.2, 0.25) is 0 Å². The lowest BCUT2D eigenvalue weighted by atomic mass is 10.3. The fraction of sp³-hybridized carbons (Fsp3) is 0.200. The molecule has 0 spiro atoms. The number of hydrogen-bond acceptors (Lipinski definition) is 4. The molecular weight excluding hydrogens is 254 g/mol. The molecule has 2 aromatic rings. The first-order chi connectivity index (χ1) is 9.66. The summed E-state index contributed by atoms with van der Waals surface area (Å²) in [5.41, 5.74) is 6.29. The van der Waals surface area contributed by atoms with Crippen LogP contribution in [-0.4, -0.2) is 24.5 Å². The summed E-state index contributed by atoms with van der Waals surface area (Å²) < 4.78 is 5.50. The second kappa shape index (κ2) is 6.56. The number of carbonyl (C=O) groups excluding carboxylic acids is 1. The van der Waals surface area contributed by atoms with Crippen LogP contribution in [0.1, 0.15) is 6.42 Å². The topological polar surface area (TPSA) is 68.5 Å². The number of nitrogens with zero attached hydrogens (tertiary/aromatic N) is 2. The lowest BCUT2D eigenvalue weighted by Gasteiger charge is -2.16. The summed E-state index contributed by atoms with van der Waals surface area (Å²) in [7, 11) is 1.70. The number of ether oxygens (including phenoxy) is 1. The zero-order valence-corrected chi connectivity index (χ0v) is 11.3. The van der Waals surface area contributed by atoms with Crippen molar-refractivity contribution in [3.05, 3.63) is 48.7 Å². The molecule has 0 atom stereocenters. The van der Waals surface area contributed by atoms with Crippen LogP contribution in [0.5, 0.6) is 5.75 Å². The number of aromatic nitrogens is 1. The Hall–Kier alpha value is -2.56. The van der Waals surface area contributed by atoms with Crippen LogP contribution in [0.15, 0.2) is 48.7 Å². The first-order valence-electron chi connectivity index (χ1n) is 6.33. The number of pyridine rings is 1. The number of rotatable bonds is 5. The predicted molar refractivity (Wildman–Crippen MR) is 78.6 cm³/mol. The van der Waals surface area contributed by atoms with Crippen molar-refractivity contribution in [1.82, 2.24) is 4.98 Å². The highest BCUT2D eigenvalue weighted by Crippen LogP contribution is 2.15. The molecule has 1 heterocycles. The molecule has 0 bridgehead atoms. The fourth-order valence-electron chi connectivity index (χ4n) is 1.71. The average Bonchev–Trinajstić information content (AvgIpc) is 2.47. The molecule has 0 aliphatic rings. The van der Waals surface area contributed by atoms with Crippen molar-refractivity contribution in [1.29, 1.82) is 0 Å². The van der Waals surface area contributed by atoms with Gasteiger partial charge in [0, 0.05) is 25.0 Å². The molecule has 0 unspecified atom stereocenters. The number of amides is 1. The summed E-state index contributed by atoms with van der Waals surface area (Å²) in [6.07, 6.45) is 1.93. The molecular formula is C15H17N3O2. The average molecular weight is 271 g/mol. The van der Waals surface area contributed by atoms with Gasteiger partial charge < -0.3 is 10.5 Å². The standard InChI is InChI=1S/C15H17N3O2/c1-18(14-7-2-3-9-17-14)15(19)8-10-20-13-6-4-5-12(16)11-13/h2-7,9,11H,8,10,16H2,1H3. The first-order valence-corrected chi connectivity index (χ1v) is 6.33. The van der Waals surface area contributed by atoms with Crippen LogP contribution in [0.3, 0.4) is 0 Å². The third-order valence-electron chi connectivity index (χ3n) is 2.81. The number of carbonyl (C=O) groups is 1. The van der Waals surface area contributed by atoms with E-state index >= 15 is 0 Å². The molecule has 0 radical (unpaired) electrons. The van der Waals surface area contributed by atoms with E-state index in [1.165, 1.54) is 4.90 Å². The first kappa shape index (κ1) is 13.9. The summed E-state index contributed by atoms with van der Waals surface area (Å²) in [6.45, 7) is 0.305. The molecule has 0 aliphatic heterocycles. The van der Waals surface area contributed by atoms with E-state index in [-0.39, 0.29) is 12.3 Å². The number of nitrogen functional groups attached to an aromatic ring is 1. The fourth-order valence-corrected chi connectivity index (χ4v) is 1.71. The molecule has 1 aromatic heterocycles. The molecule has 104 valence electrons. The van der Waals surface area contributed by atoms with Gasteiger partial charge in [0.05, 0.1) is 13.0 Å². The van der Waals surface area contributed by atoms with E-state index in [2.05, 4.69) is 4.98 Å². The normalized spacial score (nSPS) is 10.1. The Morgan fingerprint density at radius 1 is 1.30 bits per heavy atom. The van der Waals surface area contributed by atoms with Gasteiger partial charge in [-0.25, -0.2) is 4.98 Å². The Morgan fingerprint density at radius 2 is 2.15 bits per heavy atom. The van der Waals surface area contributed by atoms with Crippen LogP contribution in [0, 0.1) is 0 Å². The lowest BCUT2D eigenvalue weighted by molar-refractivity contribution is -0.118. The van der Waals surface area contributed by atoms with Gasteiger partial charge in [0.2, 0.25) is 5.91 Å². The Balaban J connectivity index is 1.83. The number of anilines is 2. The van der Waals surface area contributed by atoms with Crippen molar-refractivity contribution >= 4 is 17.4 Å². The summed E-state index contributed by atoms with van der Waals surface area (Å²) >= 11 is 0. The zero-order valence-electron chi connectivity index (χ0n) is 11.3. The van der Waals surface area contributed by atoms with Crippen LogP contribution < -0.4 is 15.4 Å². The van der Waals surface area contributed by atoms with E-state index in [4.69, 9.17) is 10.5 Å². The smallest absolute Gasteiger partial charge is 0.231 e. The zero-order chi connectivity index (χ0) is 14.4. The highest BCUT2D eigenvalue weighted by atomic mass is 16.5. The molecule has 5 heteroatoms. The second-order valence-corrected chi connectivity index (χ2v) is 4.31. The number of hydrogen-bond donors (Lipinski definition) is 1. The van der Waals surface area contributed by atoms with Crippen LogP contribution in [-0.2, 0) is 4.79 Å². The van der Waals surface area contributed by atoms with E-state index in [0.29, 0.717) is 23.9 Å². The van der Waals surface area contributed by atoms with Gasteiger partial charge in [-0.15, -0.1) is 0 Å². The van der Waals surface area contributed by atoms with E-state index in [1.807, 2.05) is 24.3 Å². The second-order valence-electron chi connectivity index (χ2n) is 4.31. The minimum absolute atomic E-state index is 0.0485. The van der Waals surface area contributed by atoms with Crippen molar-refractivity contribution in [2.45, 2.75) is 6.42 Å². The van der Waals surface area contributed by atoms with Gasteiger partial charge in [-0.05, 0) is 24.3 Å². The van der Waals surface area contributed by atoms with Gasteiger partial charge in [0.1, 0.15) is 11.6 Å². The molecule has 20 heavy (non-hydrogen) atoms. The van der Waals surface area contributed by atoms with Gasteiger partial charge in [0.25, 0.3) is 0 Å². The molecule has 2 N–H and O–H groups in total. The van der Waals surface area contributed by atoms with Crippen LogP contribution >= 0.6 is 0 Å². The van der Waals surface area contributed by atoms with Crippen molar-refractivity contribution in [3.8, 4) is 5.75 Å². The van der Waals surface area contributed by atoms with Crippen molar-refractivity contribution in [2.24, 2.45) is 0 Å². The van der Waals surface area contributed by atoms with Crippen molar-refractivity contribution < 1.29 is 9.53 Å². The Bertz CT molecular complexity index is 572. The quantitative estimate of drug-likeness (QED) is 0.845. The van der Waals surface area contributed by atoms with Gasteiger partial charge in [-0.1, -0.05) is 12.1 Å². The third-order valence-corrected chi connectivity index (χ3v) is 2.81. The Kier molecular flexibility index (Phi) is 4.55. The predicted octanol–water partition coefficient (Wildman–Crippen LogP) is 2.10. The maximum absolute atomic E-state index is 12.0. The minimum atomic E-state index is -0.0485. The highest BCUT2D eigenvalue weighted by Gasteiger charge is 2.11. The molecule has 1 aromatic carbocycles. The third kappa shape index (κ3) is 3.71. The Morgan fingerprint density at radius 3 is 2.85 bits per heavy atom. The van der Waals surface area contributed by atoms with E-state index < -0.39 is 0 Å². The molecule has 0 saturated carbocycles. The number of nitrogens with two attached hydrogens (primary N) is 1. The van der Waals surface area contributed by atoms with Gasteiger partial charge in [-0.2, -0.15) is 0 Å². The van der Waals surface area contributed by atoms with Crippen LogP contribution in [0.4, 0.5) is 11.5 Å². The van der Waals surface area contributed by atoms with Gasteiger partial charge in [-0.3, -0.25) is 9.69 Å². The monoisotopic (exact) mass is 271 g/mol. The maximum Gasteiger partial charge on any atom is 0.231 e. The Labute approximate surface area is 118 Å². The molecule has 1 amide bonds. The summed E-state index contributed by atoms with van der Waals surface area (Å²) in [5.74, 6) is 1.24. The molecule has 5 nitrogen and oxygen atoms in total. The summed E-state index contributed by atoms with van der Waals surface area (Å²) in [4.78, 5) is 17.6. The number of benzene rings is 1. The minimum Gasteiger partial charge on any atom is -0.493 e. The van der Waals surface area contributed by atoms with Gasteiger partial charge in [0.15, 0.2) is 0 Å². The van der Waals surface area contributed by atoms with Crippen molar-refractivity contribution in [2.75, 3.05) is 24.3 Å². The van der Waals surface area contributed by atoms with Crippen molar-refractivity contribution in [3.63, 3.8) is 0 Å². The molecule has 0 fully saturated rings. The lowest BCUT2D eigenvalue weighted by Crippen LogP contribution is -2.28. The largest absolute Gasteiger partial charge is 0.493 e. The summed E-state index contributed by atoms with van der Waals surface area (Å²) in [5, 5.41) is 0. The SMILES string of the molecule is CN(C(=O)CCOc1cccc(N)c1)c1ccccn1. The highest BCUT2D eigenvalue weighted by molar-refractivity contribution is 5.91. The maximum atomic E-state index is 12.0. The molecule has 0 aliphatic carbocycles. The van der Waals surface area contributed by atoms with E-state index in [0.717, 1.165) is 0 Å². The van der Waals surface area contributed by atoms with E-state index in [9.17, 15) is 4.79 Å². The van der Waals surface area contributed by atoms with E-state index in [1.54, 1.807) is 31.4 Å². The van der Waals surface area contributed by atoms with Gasteiger partial charge >= 0.3 is 0 Å². The molecule has 2 rings (SSSR count). The summed E-state index contributed by atoms with van der Waals surface area (Å²) in [6, 6.07) is 12.6. The molecule has 0 saturated heterocycles.